The van der Waals surface area contributed by atoms with Crippen LogP contribution in [0.2, 0.25) is 0 Å². The lowest BCUT2D eigenvalue weighted by Gasteiger charge is -2.05. The predicted molar refractivity (Wildman–Crippen MR) is 48.9 cm³/mol. The first kappa shape index (κ1) is 8.10. The highest BCUT2D eigenvalue weighted by atomic mass is 16.5. The summed E-state index contributed by atoms with van der Waals surface area (Å²) in [5.74, 6) is 0.798. The molecule has 0 radical (unpaired) electrons. The lowest BCUT2D eigenvalue weighted by atomic mass is 10.1. The number of amides is 1. The molecule has 1 atom stereocenters. The molecule has 1 aliphatic heterocycles. The van der Waals surface area contributed by atoms with E-state index in [9.17, 15) is 4.79 Å². The molecule has 0 aliphatic carbocycles. The fraction of sp³-hybridized carbons (Fsp3) is 0.300. The minimum Gasteiger partial charge on any atom is -0.497 e. The summed E-state index contributed by atoms with van der Waals surface area (Å²) >= 11 is 0. The number of nitrogens with one attached hydrogen (secondary N) is 1. The molecule has 1 aromatic rings. The van der Waals surface area contributed by atoms with E-state index in [0.29, 0.717) is 0 Å². The van der Waals surface area contributed by atoms with Gasteiger partial charge in [0, 0.05) is 5.56 Å². The van der Waals surface area contributed by atoms with Crippen LogP contribution >= 0.6 is 0 Å². The highest BCUT2D eigenvalue weighted by Crippen LogP contribution is 2.28. The maximum absolute atomic E-state index is 11.3. The molecule has 3 heteroatoms. The molecule has 0 unspecified atom stereocenters. The molecule has 0 bridgehead atoms. The molecular formula is C10H11NO2. The van der Waals surface area contributed by atoms with Crippen LogP contribution < -0.4 is 10.1 Å². The number of carbonyl (C=O) groups excluding carboxylic acids is 1. The lowest BCUT2D eigenvalue weighted by molar-refractivity contribution is 0.0958. The Kier molecular flexibility index (Phi) is 1.72. The van der Waals surface area contributed by atoms with Crippen molar-refractivity contribution in [1.82, 2.24) is 5.32 Å². The molecule has 1 amide bonds. The summed E-state index contributed by atoms with van der Waals surface area (Å²) in [6, 6.07) is 5.60. The van der Waals surface area contributed by atoms with Gasteiger partial charge in [-0.05, 0) is 30.7 Å². The van der Waals surface area contributed by atoms with Crippen LogP contribution in [0.4, 0.5) is 0 Å². The normalized spacial score (nSPS) is 19.5. The van der Waals surface area contributed by atoms with E-state index in [0.717, 1.165) is 16.9 Å². The van der Waals surface area contributed by atoms with Crippen molar-refractivity contribution in [3.05, 3.63) is 29.3 Å². The second-order valence-corrected chi connectivity index (χ2v) is 3.15. The minimum atomic E-state index is 0.00477. The minimum absolute atomic E-state index is 0.00477. The number of methoxy groups -OCH3 is 1. The Hall–Kier alpha value is -1.51. The van der Waals surface area contributed by atoms with Crippen LogP contribution in [0.15, 0.2) is 18.2 Å². The Balaban J connectivity index is 2.52. The van der Waals surface area contributed by atoms with Crippen molar-refractivity contribution < 1.29 is 9.53 Å². The van der Waals surface area contributed by atoms with Crippen molar-refractivity contribution in [2.75, 3.05) is 7.11 Å². The molecule has 1 N–H and O–H groups in total. The Labute approximate surface area is 76.7 Å². The van der Waals surface area contributed by atoms with Crippen molar-refractivity contribution in [3.8, 4) is 5.75 Å². The number of carbonyl (C=O) groups is 1. The fourth-order valence-corrected chi connectivity index (χ4v) is 1.58. The van der Waals surface area contributed by atoms with Gasteiger partial charge >= 0.3 is 0 Å². The van der Waals surface area contributed by atoms with Gasteiger partial charge < -0.3 is 10.1 Å². The summed E-state index contributed by atoms with van der Waals surface area (Å²) in [6.07, 6.45) is 0. The molecule has 1 aromatic carbocycles. The summed E-state index contributed by atoms with van der Waals surface area (Å²) in [6.45, 7) is 1.96. The maximum atomic E-state index is 11.3. The molecular weight excluding hydrogens is 166 g/mol. The highest BCUT2D eigenvalue weighted by Gasteiger charge is 2.25. The quantitative estimate of drug-likeness (QED) is 0.706. The van der Waals surface area contributed by atoms with E-state index < -0.39 is 0 Å². The topological polar surface area (TPSA) is 38.3 Å². The molecule has 68 valence electrons. The van der Waals surface area contributed by atoms with Gasteiger partial charge in [-0.2, -0.15) is 0 Å². The van der Waals surface area contributed by atoms with Crippen molar-refractivity contribution >= 4 is 5.91 Å². The average molecular weight is 177 g/mol. The summed E-state index contributed by atoms with van der Waals surface area (Å²) in [5, 5.41) is 2.84. The van der Waals surface area contributed by atoms with Gasteiger partial charge in [0.25, 0.3) is 5.91 Å². The average Bonchev–Trinajstić information content (AvgIpc) is 2.42. The molecule has 0 spiro atoms. The van der Waals surface area contributed by atoms with Gasteiger partial charge in [-0.15, -0.1) is 0 Å². The first-order valence-corrected chi connectivity index (χ1v) is 4.21. The molecule has 0 saturated heterocycles. The number of hydrogen-bond donors (Lipinski definition) is 1. The van der Waals surface area contributed by atoms with Gasteiger partial charge in [-0.25, -0.2) is 0 Å². The van der Waals surface area contributed by atoms with Gasteiger partial charge in [-0.3, -0.25) is 4.79 Å². The first-order valence-electron chi connectivity index (χ1n) is 4.21. The predicted octanol–water partition coefficient (Wildman–Crippen LogP) is 1.50. The first-order chi connectivity index (χ1) is 6.22. The summed E-state index contributed by atoms with van der Waals surface area (Å²) in [7, 11) is 1.62. The third-order valence-electron chi connectivity index (χ3n) is 2.32. The van der Waals surface area contributed by atoms with Crippen LogP contribution in [0.5, 0.6) is 5.75 Å². The number of benzene rings is 1. The summed E-state index contributed by atoms with van der Waals surface area (Å²) in [4.78, 5) is 11.3. The molecule has 0 aromatic heterocycles. The van der Waals surface area contributed by atoms with Gasteiger partial charge in [-0.1, -0.05) is 0 Å². The Morgan fingerprint density at radius 2 is 2.23 bits per heavy atom. The molecule has 0 fully saturated rings. The molecule has 1 heterocycles. The van der Waals surface area contributed by atoms with E-state index in [1.807, 2.05) is 13.0 Å². The van der Waals surface area contributed by atoms with E-state index in [1.165, 1.54) is 0 Å². The van der Waals surface area contributed by atoms with E-state index >= 15 is 0 Å². The van der Waals surface area contributed by atoms with Crippen molar-refractivity contribution in [1.29, 1.82) is 0 Å². The third kappa shape index (κ3) is 1.16. The monoisotopic (exact) mass is 177 g/mol. The second kappa shape index (κ2) is 2.76. The van der Waals surface area contributed by atoms with E-state index in [4.69, 9.17) is 4.74 Å². The van der Waals surface area contributed by atoms with Gasteiger partial charge in [0.05, 0.1) is 13.2 Å². The zero-order chi connectivity index (χ0) is 9.42. The van der Waals surface area contributed by atoms with Crippen LogP contribution in [0, 0.1) is 0 Å². The Bertz CT molecular complexity index is 360. The smallest absolute Gasteiger partial charge is 0.252 e. The second-order valence-electron chi connectivity index (χ2n) is 3.15. The molecule has 2 rings (SSSR count). The molecule has 0 saturated carbocycles. The van der Waals surface area contributed by atoms with Crippen LogP contribution in [-0.2, 0) is 0 Å². The van der Waals surface area contributed by atoms with Crippen LogP contribution in [0.3, 0.4) is 0 Å². The van der Waals surface area contributed by atoms with Crippen molar-refractivity contribution in [2.24, 2.45) is 0 Å². The van der Waals surface area contributed by atoms with Gasteiger partial charge in [0.2, 0.25) is 0 Å². The molecule has 1 aliphatic rings. The third-order valence-corrected chi connectivity index (χ3v) is 2.32. The molecule has 3 nitrogen and oxygen atoms in total. The molecule has 13 heavy (non-hydrogen) atoms. The Morgan fingerprint density at radius 1 is 1.46 bits per heavy atom. The van der Waals surface area contributed by atoms with Gasteiger partial charge in [0.1, 0.15) is 5.75 Å². The SMILES string of the molecule is COc1ccc2c(c1)[C@H](C)NC2=O. The highest BCUT2D eigenvalue weighted by molar-refractivity contribution is 5.99. The standard InChI is InChI=1S/C10H11NO2/c1-6-9-5-7(13-2)3-4-8(9)10(12)11-6/h3-6H,1-2H3,(H,11,12)/t6-/m0/s1. The number of fused-ring (bicyclic) bond motifs is 1. The largest absolute Gasteiger partial charge is 0.497 e. The maximum Gasteiger partial charge on any atom is 0.252 e. The van der Waals surface area contributed by atoms with Crippen LogP contribution in [0.1, 0.15) is 28.9 Å². The van der Waals surface area contributed by atoms with Crippen molar-refractivity contribution in [2.45, 2.75) is 13.0 Å². The summed E-state index contributed by atoms with van der Waals surface area (Å²) < 4.78 is 5.08. The van der Waals surface area contributed by atoms with E-state index in [2.05, 4.69) is 5.32 Å². The fourth-order valence-electron chi connectivity index (χ4n) is 1.58. The Morgan fingerprint density at radius 3 is 2.92 bits per heavy atom. The number of rotatable bonds is 1. The zero-order valence-corrected chi connectivity index (χ0v) is 7.63. The lowest BCUT2D eigenvalue weighted by Crippen LogP contribution is -2.16. The van der Waals surface area contributed by atoms with E-state index in [1.54, 1.807) is 19.2 Å². The van der Waals surface area contributed by atoms with Crippen LogP contribution in [0.25, 0.3) is 0 Å². The number of hydrogen-bond acceptors (Lipinski definition) is 2. The van der Waals surface area contributed by atoms with Crippen LogP contribution in [-0.4, -0.2) is 13.0 Å². The van der Waals surface area contributed by atoms with Crippen molar-refractivity contribution in [3.63, 3.8) is 0 Å². The van der Waals surface area contributed by atoms with E-state index in [-0.39, 0.29) is 11.9 Å². The zero-order valence-electron chi connectivity index (χ0n) is 7.63. The van der Waals surface area contributed by atoms with Gasteiger partial charge in [0.15, 0.2) is 0 Å². The number of ether oxygens (including phenoxy) is 1. The summed E-state index contributed by atoms with van der Waals surface area (Å²) in [5.41, 5.74) is 1.78.